The lowest BCUT2D eigenvalue weighted by Gasteiger charge is -2.46. The van der Waals surface area contributed by atoms with E-state index in [-0.39, 0.29) is 29.4 Å². The monoisotopic (exact) mass is 336 g/mol. The van der Waals surface area contributed by atoms with Crippen LogP contribution in [0.5, 0.6) is 0 Å². The maximum Gasteiger partial charge on any atom is 0.283 e. The number of hydrogen-bond donors (Lipinski definition) is 1. The molecule has 1 saturated heterocycles. The van der Waals surface area contributed by atoms with Crippen molar-refractivity contribution in [1.82, 2.24) is 14.7 Å². The third-order valence-corrected chi connectivity index (χ3v) is 4.11. The number of carbonyl (C=O) groups excluding carboxylic acids is 1. The van der Waals surface area contributed by atoms with Gasteiger partial charge in [0.05, 0.1) is 23.7 Å². The molecule has 2 heterocycles. The van der Waals surface area contributed by atoms with Crippen LogP contribution < -0.4 is 0 Å². The van der Waals surface area contributed by atoms with Gasteiger partial charge in [0.25, 0.3) is 11.6 Å². The Kier molecular flexibility index (Phi) is 3.57. The average molecular weight is 337 g/mol. The lowest BCUT2D eigenvalue weighted by molar-refractivity contribution is -0.385. The van der Waals surface area contributed by atoms with E-state index in [2.05, 4.69) is 5.10 Å². The average Bonchev–Trinajstić information content (AvgIpc) is 2.89. The van der Waals surface area contributed by atoms with E-state index in [0.717, 1.165) is 6.07 Å². The number of halogens is 1. The van der Waals surface area contributed by atoms with Crippen molar-refractivity contribution in [2.24, 2.45) is 7.05 Å². The zero-order valence-electron chi connectivity index (χ0n) is 12.1. The summed E-state index contributed by atoms with van der Waals surface area (Å²) in [6.45, 7) is 0.0935. The fourth-order valence-electron chi connectivity index (χ4n) is 2.73. The normalized spacial score (nSPS) is 16.0. The minimum absolute atomic E-state index is 0.0468. The van der Waals surface area contributed by atoms with Gasteiger partial charge in [0.1, 0.15) is 11.2 Å². The van der Waals surface area contributed by atoms with Crippen molar-refractivity contribution >= 4 is 23.2 Å². The number of nitro groups is 1. The Labute approximate surface area is 136 Å². The minimum Gasteiger partial charge on any atom is -0.380 e. The van der Waals surface area contributed by atoms with Crippen molar-refractivity contribution in [3.05, 3.63) is 56.9 Å². The van der Waals surface area contributed by atoms with Crippen molar-refractivity contribution in [3.63, 3.8) is 0 Å². The number of hydrogen-bond acceptors (Lipinski definition) is 5. The van der Waals surface area contributed by atoms with E-state index in [1.165, 1.54) is 21.7 Å². The third kappa shape index (κ3) is 2.55. The number of nitro benzene ring substituents is 1. The fourth-order valence-corrected chi connectivity index (χ4v) is 2.89. The summed E-state index contributed by atoms with van der Waals surface area (Å²) in [5.74, 6) is -0.514. The summed E-state index contributed by atoms with van der Waals surface area (Å²) in [5.41, 5.74) is -1.00. The van der Waals surface area contributed by atoms with Crippen molar-refractivity contribution in [2.75, 3.05) is 13.1 Å². The van der Waals surface area contributed by atoms with Crippen LogP contribution in [0.1, 0.15) is 16.1 Å². The highest BCUT2D eigenvalue weighted by Crippen LogP contribution is 2.34. The van der Waals surface area contributed by atoms with E-state index in [9.17, 15) is 20.0 Å². The molecule has 1 aliphatic heterocycles. The van der Waals surface area contributed by atoms with Gasteiger partial charge in [-0.3, -0.25) is 19.6 Å². The Morgan fingerprint density at radius 3 is 2.70 bits per heavy atom. The first-order valence-corrected chi connectivity index (χ1v) is 7.14. The summed E-state index contributed by atoms with van der Waals surface area (Å²) in [7, 11) is 1.70. The van der Waals surface area contributed by atoms with Gasteiger partial charge >= 0.3 is 0 Å². The first-order valence-electron chi connectivity index (χ1n) is 6.76. The molecule has 120 valence electrons. The molecule has 8 nitrogen and oxygen atoms in total. The first-order chi connectivity index (χ1) is 10.8. The molecular formula is C14H13ClN4O4. The van der Waals surface area contributed by atoms with Gasteiger partial charge in [0.15, 0.2) is 0 Å². The van der Waals surface area contributed by atoms with E-state index in [1.807, 2.05) is 0 Å². The zero-order chi connectivity index (χ0) is 16.8. The number of carbonyl (C=O) groups is 1. The molecule has 3 rings (SSSR count). The summed E-state index contributed by atoms with van der Waals surface area (Å²) in [6.07, 6.45) is 1.56. The SMILES string of the molecule is Cn1nccc1C1(O)CN(C(=O)c2ccc(Cl)cc2[N+](=O)[O-])C1. The second-order valence-corrected chi connectivity index (χ2v) is 5.89. The van der Waals surface area contributed by atoms with Gasteiger partial charge in [-0.15, -0.1) is 0 Å². The van der Waals surface area contributed by atoms with Gasteiger partial charge in [0, 0.05) is 24.3 Å². The Morgan fingerprint density at radius 2 is 2.13 bits per heavy atom. The zero-order valence-corrected chi connectivity index (χ0v) is 12.9. The van der Waals surface area contributed by atoms with E-state index >= 15 is 0 Å². The van der Waals surface area contributed by atoms with Gasteiger partial charge in [-0.25, -0.2) is 0 Å². The predicted molar refractivity (Wildman–Crippen MR) is 81.1 cm³/mol. The molecule has 0 bridgehead atoms. The number of nitrogens with zero attached hydrogens (tertiary/aromatic N) is 4. The number of aromatic nitrogens is 2. The largest absolute Gasteiger partial charge is 0.380 e. The number of rotatable bonds is 3. The molecule has 1 aromatic carbocycles. The van der Waals surface area contributed by atoms with Crippen LogP contribution in [0.3, 0.4) is 0 Å². The predicted octanol–water partition coefficient (Wildman–Crippen LogP) is 1.33. The molecule has 1 N–H and O–H groups in total. The Balaban J connectivity index is 1.82. The molecule has 0 spiro atoms. The highest BCUT2D eigenvalue weighted by atomic mass is 35.5. The standard InChI is InChI=1S/C14H13ClN4O4/c1-17-12(4-5-16-17)14(21)7-18(8-14)13(20)10-3-2-9(15)6-11(10)19(22)23/h2-6,21H,7-8H2,1H3. The minimum atomic E-state index is -1.19. The highest BCUT2D eigenvalue weighted by Gasteiger charge is 2.47. The molecule has 1 aromatic heterocycles. The van der Waals surface area contributed by atoms with Crippen LogP contribution in [-0.2, 0) is 12.6 Å². The second kappa shape index (κ2) is 5.32. The number of aryl methyl sites for hydroxylation is 1. The van der Waals surface area contributed by atoms with Crippen LogP contribution in [0, 0.1) is 10.1 Å². The van der Waals surface area contributed by atoms with E-state index in [4.69, 9.17) is 11.6 Å². The summed E-state index contributed by atoms with van der Waals surface area (Å²) in [5, 5.41) is 25.8. The van der Waals surface area contributed by atoms with Crippen molar-refractivity contribution in [3.8, 4) is 0 Å². The summed E-state index contributed by atoms with van der Waals surface area (Å²) >= 11 is 5.74. The Morgan fingerprint density at radius 1 is 1.43 bits per heavy atom. The molecule has 0 radical (unpaired) electrons. The van der Waals surface area contributed by atoms with Crippen LogP contribution in [0.15, 0.2) is 30.5 Å². The molecule has 1 aliphatic rings. The maximum absolute atomic E-state index is 12.5. The fraction of sp³-hybridized carbons (Fsp3) is 0.286. The van der Waals surface area contributed by atoms with E-state index in [0.29, 0.717) is 5.69 Å². The third-order valence-electron chi connectivity index (χ3n) is 3.88. The van der Waals surface area contributed by atoms with Gasteiger partial charge in [-0.2, -0.15) is 5.10 Å². The smallest absolute Gasteiger partial charge is 0.283 e. The summed E-state index contributed by atoms with van der Waals surface area (Å²) in [4.78, 5) is 24.2. The van der Waals surface area contributed by atoms with Gasteiger partial charge in [0.2, 0.25) is 0 Å². The quantitative estimate of drug-likeness (QED) is 0.673. The lowest BCUT2D eigenvalue weighted by Crippen LogP contribution is -2.61. The van der Waals surface area contributed by atoms with E-state index < -0.39 is 16.4 Å². The summed E-state index contributed by atoms with van der Waals surface area (Å²) in [6, 6.07) is 5.56. The van der Waals surface area contributed by atoms with Crippen LogP contribution in [0.4, 0.5) is 5.69 Å². The van der Waals surface area contributed by atoms with Crippen molar-refractivity contribution in [1.29, 1.82) is 0 Å². The topological polar surface area (TPSA) is 102 Å². The molecule has 1 fully saturated rings. The Hall–Kier alpha value is -2.45. The molecular weight excluding hydrogens is 324 g/mol. The van der Waals surface area contributed by atoms with Crippen molar-refractivity contribution < 1.29 is 14.8 Å². The lowest BCUT2D eigenvalue weighted by atomic mass is 9.89. The van der Waals surface area contributed by atoms with Gasteiger partial charge in [-0.1, -0.05) is 11.6 Å². The van der Waals surface area contributed by atoms with E-state index in [1.54, 1.807) is 19.3 Å². The number of amides is 1. The van der Waals surface area contributed by atoms with Gasteiger partial charge in [-0.05, 0) is 18.2 Å². The van der Waals surface area contributed by atoms with Crippen molar-refractivity contribution in [2.45, 2.75) is 5.60 Å². The molecule has 0 atom stereocenters. The molecule has 0 aliphatic carbocycles. The second-order valence-electron chi connectivity index (χ2n) is 5.45. The number of benzene rings is 1. The van der Waals surface area contributed by atoms with Gasteiger partial charge < -0.3 is 10.0 Å². The summed E-state index contributed by atoms with van der Waals surface area (Å²) < 4.78 is 1.53. The van der Waals surface area contributed by atoms with Crippen LogP contribution in [0.25, 0.3) is 0 Å². The molecule has 2 aromatic rings. The van der Waals surface area contributed by atoms with Crippen LogP contribution in [0.2, 0.25) is 5.02 Å². The van der Waals surface area contributed by atoms with Crippen LogP contribution in [-0.4, -0.2) is 43.7 Å². The first kappa shape index (κ1) is 15.4. The molecule has 23 heavy (non-hydrogen) atoms. The number of likely N-dealkylation sites (tertiary alicyclic amines) is 1. The number of β-amino-alcohol motifs (C(OH)–C–C–N with tert-alkyl or cyclic N) is 1. The molecule has 1 amide bonds. The number of aliphatic hydroxyl groups is 1. The Bertz CT molecular complexity index is 798. The molecule has 9 heteroatoms. The maximum atomic E-state index is 12.5. The molecule has 0 unspecified atom stereocenters. The molecule has 0 saturated carbocycles. The van der Waals surface area contributed by atoms with Crippen LogP contribution >= 0.6 is 11.6 Å². The highest BCUT2D eigenvalue weighted by molar-refractivity contribution is 6.31.